The maximum atomic E-state index is 13.6. The van der Waals surface area contributed by atoms with E-state index in [0.29, 0.717) is 11.8 Å². The molecule has 0 N–H and O–H groups in total. The average molecular weight is 352 g/mol. The van der Waals surface area contributed by atoms with Gasteiger partial charge in [-0.2, -0.15) is 0 Å². The molecule has 26 heavy (non-hydrogen) atoms. The van der Waals surface area contributed by atoms with Crippen molar-refractivity contribution in [2.45, 2.75) is 57.8 Å². The summed E-state index contributed by atoms with van der Waals surface area (Å²) >= 11 is 0. The van der Waals surface area contributed by atoms with Crippen molar-refractivity contribution >= 4 is 0 Å². The van der Waals surface area contributed by atoms with Gasteiger partial charge in [0.1, 0.15) is 0 Å². The highest BCUT2D eigenvalue weighted by Gasteiger charge is 2.26. The van der Waals surface area contributed by atoms with Crippen molar-refractivity contribution < 1.29 is 8.78 Å². The van der Waals surface area contributed by atoms with Crippen LogP contribution in [0.4, 0.5) is 8.78 Å². The number of halogens is 2. The van der Waals surface area contributed by atoms with Crippen molar-refractivity contribution in [2.24, 2.45) is 5.92 Å². The van der Waals surface area contributed by atoms with E-state index in [0.717, 1.165) is 37.7 Å². The summed E-state index contributed by atoms with van der Waals surface area (Å²) < 4.78 is 26.8. The summed E-state index contributed by atoms with van der Waals surface area (Å²) in [7, 11) is 0. The maximum absolute atomic E-state index is 13.6. The van der Waals surface area contributed by atoms with Gasteiger partial charge >= 0.3 is 0 Å². The number of benzene rings is 2. The van der Waals surface area contributed by atoms with E-state index in [2.05, 4.69) is 31.2 Å². The molecule has 2 aliphatic carbocycles. The van der Waals surface area contributed by atoms with Crippen LogP contribution in [0.3, 0.4) is 0 Å². The second kappa shape index (κ2) is 7.34. The van der Waals surface area contributed by atoms with E-state index >= 15 is 0 Å². The molecule has 136 valence electrons. The largest absolute Gasteiger partial charge is 0.204 e. The zero-order chi connectivity index (χ0) is 18.1. The molecule has 2 aromatic carbocycles. The molecular weight excluding hydrogens is 326 g/mol. The SMILES string of the molecule is CCC=CC1CCc2c(ccc3c2CCC(c2ccc(F)c(F)c2)C3)C1. The van der Waals surface area contributed by atoms with Gasteiger partial charge in [0.05, 0.1) is 0 Å². The lowest BCUT2D eigenvalue weighted by Crippen LogP contribution is -2.20. The van der Waals surface area contributed by atoms with Gasteiger partial charge in [-0.05, 0) is 96.7 Å². The van der Waals surface area contributed by atoms with Crippen molar-refractivity contribution in [3.63, 3.8) is 0 Å². The molecule has 0 bridgehead atoms. The van der Waals surface area contributed by atoms with Gasteiger partial charge in [-0.3, -0.25) is 0 Å². The topological polar surface area (TPSA) is 0 Å². The van der Waals surface area contributed by atoms with Crippen LogP contribution in [0, 0.1) is 17.6 Å². The molecule has 0 radical (unpaired) electrons. The predicted molar refractivity (Wildman–Crippen MR) is 103 cm³/mol. The zero-order valence-electron chi connectivity index (χ0n) is 15.4. The minimum Gasteiger partial charge on any atom is -0.204 e. The molecule has 0 amide bonds. The molecule has 0 aromatic heterocycles. The quantitative estimate of drug-likeness (QED) is 0.568. The Bertz CT molecular complexity index is 834. The number of rotatable bonds is 3. The normalized spacial score (nSPS) is 22.3. The zero-order valence-corrected chi connectivity index (χ0v) is 15.4. The van der Waals surface area contributed by atoms with Crippen molar-refractivity contribution in [1.82, 2.24) is 0 Å². The molecule has 0 saturated carbocycles. The van der Waals surface area contributed by atoms with E-state index < -0.39 is 11.6 Å². The summed E-state index contributed by atoms with van der Waals surface area (Å²) in [5.74, 6) is -0.519. The molecule has 2 heteroatoms. The van der Waals surface area contributed by atoms with Crippen LogP contribution in [0.5, 0.6) is 0 Å². The summed E-state index contributed by atoms with van der Waals surface area (Å²) in [5, 5.41) is 0. The van der Waals surface area contributed by atoms with E-state index in [9.17, 15) is 8.78 Å². The van der Waals surface area contributed by atoms with Crippen LogP contribution < -0.4 is 0 Å². The fourth-order valence-corrected chi connectivity index (χ4v) is 4.74. The van der Waals surface area contributed by atoms with Gasteiger partial charge < -0.3 is 0 Å². The molecule has 0 saturated heterocycles. The Labute approximate surface area is 154 Å². The van der Waals surface area contributed by atoms with E-state index in [1.807, 2.05) is 0 Å². The fraction of sp³-hybridized carbons (Fsp3) is 0.417. The average Bonchev–Trinajstić information content (AvgIpc) is 2.67. The summed E-state index contributed by atoms with van der Waals surface area (Å²) in [6.07, 6.45) is 12.4. The van der Waals surface area contributed by atoms with Crippen molar-refractivity contribution in [1.29, 1.82) is 0 Å². The third-order valence-electron chi connectivity index (χ3n) is 6.14. The molecule has 0 fully saturated rings. The minimum absolute atomic E-state index is 0.291. The summed E-state index contributed by atoms with van der Waals surface area (Å²) in [5.41, 5.74) is 6.97. The first-order valence-electron chi connectivity index (χ1n) is 9.89. The number of hydrogen-bond donors (Lipinski definition) is 0. The molecule has 0 spiro atoms. The Morgan fingerprint density at radius 1 is 0.923 bits per heavy atom. The minimum atomic E-state index is -0.759. The van der Waals surface area contributed by atoms with Gasteiger partial charge in [0, 0.05) is 0 Å². The van der Waals surface area contributed by atoms with Crippen LogP contribution in [-0.2, 0) is 25.7 Å². The van der Waals surface area contributed by atoms with Gasteiger partial charge in [0.15, 0.2) is 11.6 Å². The van der Waals surface area contributed by atoms with Crippen LogP contribution in [0.25, 0.3) is 0 Å². The van der Waals surface area contributed by atoms with Crippen molar-refractivity contribution in [3.8, 4) is 0 Å². The van der Waals surface area contributed by atoms with Crippen LogP contribution in [0.1, 0.15) is 59.9 Å². The van der Waals surface area contributed by atoms with Crippen LogP contribution in [0.2, 0.25) is 0 Å². The predicted octanol–water partition coefficient (Wildman–Crippen LogP) is 6.31. The lowest BCUT2D eigenvalue weighted by atomic mass is 9.74. The molecule has 0 aliphatic heterocycles. The Morgan fingerprint density at radius 2 is 1.65 bits per heavy atom. The Hall–Kier alpha value is -1.96. The first-order chi connectivity index (χ1) is 12.7. The Kier molecular flexibility index (Phi) is 4.93. The summed E-state index contributed by atoms with van der Waals surface area (Å²) in [6.45, 7) is 2.19. The molecule has 2 unspecified atom stereocenters. The number of fused-ring (bicyclic) bond motifs is 3. The van der Waals surface area contributed by atoms with Crippen LogP contribution in [0.15, 0.2) is 42.5 Å². The molecule has 2 atom stereocenters. The first kappa shape index (κ1) is 17.5. The highest BCUT2D eigenvalue weighted by Crippen LogP contribution is 2.38. The summed E-state index contributed by atoms with van der Waals surface area (Å²) in [6, 6.07) is 8.99. The number of hydrogen-bond acceptors (Lipinski definition) is 0. The third-order valence-corrected chi connectivity index (χ3v) is 6.14. The molecular formula is C24H26F2. The molecule has 2 aliphatic rings. The number of allylic oxidation sites excluding steroid dienone is 2. The highest BCUT2D eigenvalue weighted by molar-refractivity contribution is 5.45. The molecule has 0 nitrogen and oxygen atoms in total. The van der Waals surface area contributed by atoms with E-state index in [1.54, 1.807) is 17.2 Å². The second-order valence-corrected chi connectivity index (χ2v) is 7.79. The Balaban J connectivity index is 1.56. The van der Waals surface area contributed by atoms with Gasteiger partial charge in [0.2, 0.25) is 0 Å². The highest BCUT2D eigenvalue weighted by atomic mass is 19.2. The van der Waals surface area contributed by atoms with E-state index in [4.69, 9.17) is 0 Å². The third kappa shape index (κ3) is 3.34. The van der Waals surface area contributed by atoms with Gasteiger partial charge in [-0.25, -0.2) is 8.78 Å². The van der Waals surface area contributed by atoms with Gasteiger partial charge in [-0.15, -0.1) is 0 Å². The fourth-order valence-electron chi connectivity index (χ4n) is 4.74. The first-order valence-corrected chi connectivity index (χ1v) is 9.89. The molecule has 4 rings (SSSR count). The molecule has 2 aromatic rings. The Morgan fingerprint density at radius 3 is 2.38 bits per heavy atom. The van der Waals surface area contributed by atoms with E-state index in [-0.39, 0.29) is 0 Å². The van der Waals surface area contributed by atoms with Gasteiger partial charge in [-0.1, -0.05) is 37.3 Å². The monoisotopic (exact) mass is 352 g/mol. The van der Waals surface area contributed by atoms with Crippen molar-refractivity contribution in [3.05, 3.63) is 81.9 Å². The van der Waals surface area contributed by atoms with Crippen LogP contribution in [-0.4, -0.2) is 0 Å². The smallest absolute Gasteiger partial charge is 0.159 e. The summed E-state index contributed by atoms with van der Waals surface area (Å²) in [4.78, 5) is 0. The lowest BCUT2D eigenvalue weighted by Gasteiger charge is -2.31. The standard InChI is InChI=1S/C24H26F2/c1-2-3-4-16-5-10-21-19(13-16)6-7-20-14-17(8-11-22(20)21)18-9-12-23(25)24(26)15-18/h3-4,6-7,9,12,15-17H,2,5,8,10-11,13-14H2,1H3. The maximum Gasteiger partial charge on any atom is 0.159 e. The molecule has 0 heterocycles. The van der Waals surface area contributed by atoms with Crippen molar-refractivity contribution in [2.75, 3.05) is 0 Å². The second-order valence-electron chi connectivity index (χ2n) is 7.79. The lowest BCUT2D eigenvalue weighted by molar-refractivity contribution is 0.500. The van der Waals surface area contributed by atoms with Gasteiger partial charge in [0.25, 0.3) is 0 Å². The van der Waals surface area contributed by atoms with Crippen LogP contribution >= 0.6 is 0 Å². The van der Waals surface area contributed by atoms with E-state index in [1.165, 1.54) is 36.1 Å².